The Kier molecular flexibility index (Phi) is 12.6. The van der Waals surface area contributed by atoms with Gasteiger partial charge in [0.15, 0.2) is 0 Å². The molecular weight excluding hydrogens is 568 g/mol. The van der Waals surface area contributed by atoms with Crippen LogP contribution in [0.3, 0.4) is 0 Å². The Labute approximate surface area is 276 Å². The predicted molar refractivity (Wildman–Crippen MR) is 190 cm³/mol. The van der Waals surface area contributed by atoms with Crippen molar-refractivity contribution in [3.8, 4) is 23.0 Å². The van der Waals surface area contributed by atoms with Gasteiger partial charge in [0.2, 0.25) is 0 Å². The number of hydrogen-bond acceptors (Lipinski definition) is 4. The lowest BCUT2D eigenvalue weighted by molar-refractivity contribution is 0.381. The average molecular weight is 623 g/mol. The number of phenols is 4. The van der Waals surface area contributed by atoms with E-state index in [4.69, 9.17) is 0 Å². The molecule has 0 heterocycles. The van der Waals surface area contributed by atoms with Crippen LogP contribution in [0.5, 0.6) is 23.0 Å². The lowest BCUT2D eigenvalue weighted by atomic mass is 9.67. The number of rotatable bonds is 6. The van der Waals surface area contributed by atoms with Crippen molar-refractivity contribution in [1.82, 2.24) is 0 Å². The summed E-state index contributed by atoms with van der Waals surface area (Å²) in [6.07, 6.45) is 15.1. The second-order valence-corrected chi connectivity index (χ2v) is 13.9. The van der Waals surface area contributed by atoms with Crippen LogP contribution in [-0.2, 0) is 10.8 Å². The summed E-state index contributed by atoms with van der Waals surface area (Å²) in [5, 5.41) is 38.5. The fraction of sp³-hybridized carbons (Fsp3) is 0.429. The monoisotopic (exact) mass is 622 g/mol. The summed E-state index contributed by atoms with van der Waals surface area (Å²) < 4.78 is 0. The van der Waals surface area contributed by atoms with E-state index in [0.717, 1.165) is 19.3 Å². The molecule has 0 saturated heterocycles. The van der Waals surface area contributed by atoms with Gasteiger partial charge in [-0.15, -0.1) is 0 Å². The SMILES string of the molecule is CC(C)CC(C)(c1ccc(O)cc1)c1ccc(O)cc1.Oc1ccc(C2(c3ccc(O)cc3)CCCCCCCCCCC2)cc1. The van der Waals surface area contributed by atoms with Gasteiger partial charge in [-0.2, -0.15) is 0 Å². The third-order valence-electron chi connectivity index (χ3n) is 9.87. The first-order valence-corrected chi connectivity index (χ1v) is 17.3. The molecule has 0 bridgehead atoms. The first-order chi connectivity index (χ1) is 22.1. The van der Waals surface area contributed by atoms with Crippen LogP contribution in [0.4, 0.5) is 0 Å². The van der Waals surface area contributed by atoms with Crippen LogP contribution in [0.1, 0.15) is 120 Å². The lowest BCUT2D eigenvalue weighted by Crippen LogP contribution is -2.28. The molecule has 5 rings (SSSR count). The summed E-state index contributed by atoms with van der Waals surface area (Å²) in [5.74, 6) is 1.76. The maximum atomic E-state index is 9.76. The minimum atomic E-state index is -0.129. The van der Waals surface area contributed by atoms with Crippen LogP contribution >= 0.6 is 0 Å². The predicted octanol–water partition coefficient (Wildman–Crippen LogP) is 11.1. The highest BCUT2D eigenvalue weighted by Crippen LogP contribution is 2.43. The quantitative estimate of drug-likeness (QED) is 0.172. The van der Waals surface area contributed by atoms with Gasteiger partial charge in [-0.3, -0.25) is 0 Å². The fourth-order valence-electron chi connectivity index (χ4n) is 7.40. The Balaban J connectivity index is 0.000000216. The zero-order chi connectivity index (χ0) is 33.0. The highest BCUT2D eigenvalue weighted by atomic mass is 16.3. The normalized spacial score (nSPS) is 16.0. The molecule has 1 aliphatic rings. The largest absolute Gasteiger partial charge is 0.508 e. The Morgan fingerprint density at radius 3 is 1.07 bits per heavy atom. The maximum Gasteiger partial charge on any atom is 0.115 e. The van der Waals surface area contributed by atoms with Gasteiger partial charge in [-0.1, -0.05) is 127 Å². The van der Waals surface area contributed by atoms with Gasteiger partial charge in [-0.25, -0.2) is 0 Å². The number of hydrogen-bond donors (Lipinski definition) is 4. The van der Waals surface area contributed by atoms with Crippen LogP contribution in [0.2, 0.25) is 0 Å². The molecule has 0 spiro atoms. The summed E-state index contributed by atoms with van der Waals surface area (Å²) in [6, 6.07) is 30.4. The van der Waals surface area contributed by atoms with Crippen molar-refractivity contribution >= 4 is 0 Å². The van der Waals surface area contributed by atoms with Crippen molar-refractivity contribution in [3.05, 3.63) is 119 Å². The highest BCUT2D eigenvalue weighted by Gasteiger charge is 2.33. The van der Waals surface area contributed by atoms with Crippen molar-refractivity contribution in [2.75, 3.05) is 0 Å². The van der Waals surface area contributed by atoms with Gasteiger partial charge < -0.3 is 20.4 Å². The molecule has 0 amide bonds. The second-order valence-electron chi connectivity index (χ2n) is 13.9. The summed E-state index contributed by atoms with van der Waals surface area (Å²) in [6.45, 7) is 6.63. The highest BCUT2D eigenvalue weighted by molar-refractivity contribution is 5.44. The molecule has 0 aliphatic heterocycles. The molecule has 46 heavy (non-hydrogen) atoms. The van der Waals surface area contributed by atoms with Gasteiger partial charge in [0.1, 0.15) is 23.0 Å². The summed E-state index contributed by atoms with van der Waals surface area (Å²) >= 11 is 0. The molecule has 0 unspecified atom stereocenters. The molecule has 4 heteroatoms. The third kappa shape index (κ3) is 9.31. The lowest BCUT2D eigenvalue weighted by Gasteiger charge is -2.36. The van der Waals surface area contributed by atoms with Crippen LogP contribution in [-0.4, -0.2) is 20.4 Å². The molecule has 0 aromatic heterocycles. The Hall–Kier alpha value is -3.92. The Bertz CT molecular complexity index is 1330. The molecule has 1 saturated carbocycles. The zero-order valence-electron chi connectivity index (χ0n) is 28.1. The molecule has 4 nitrogen and oxygen atoms in total. The first-order valence-electron chi connectivity index (χ1n) is 17.3. The molecule has 4 aromatic rings. The average Bonchev–Trinajstić information content (AvgIpc) is 3.03. The van der Waals surface area contributed by atoms with E-state index in [1.165, 1.54) is 80.0 Å². The molecular formula is C42H54O4. The number of benzene rings is 4. The minimum absolute atomic E-state index is 0.0272. The van der Waals surface area contributed by atoms with E-state index in [1.807, 2.05) is 48.5 Å². The molecule has 0 radical (unpaired) electrons. The van der Waals surface area contributed by atoms with Gasteiger partial charge >= 0.3 is 0 Å². The van der Waals surface area contributed by atoms with Crippen molar-refractivity contribution in [2.45, 2.75) is 109 Å². The van der Waals surface area contributed by atoms with E-state index in [2.05, 4.69) is 45.0 Å². The van der Waals surface area contributed by atoms with Crippen molar-refractivity contribution in [3.63, 3.8) is 0 Å². The van der Waals surface area contributed by atoms with Crippen LogP contribution < -0.4 is 0 Å². The topological polar surface area (TPSA) is 80.9 Å². The van der Waals surface area contributed by atoms with Crippen LogP contribution in [0.15, 0.2) is 97.1 Å². The second kappa shape index (κ2) is 16.6. The van der Waals surface area contributed by atoms with Crippen molar-refractivity contribution in [1.29, 1.82) is 0 Å². The fourth-order valence-corrected chi connectivity index (χ4v) is 7.40. The molecule has 1 fully saturated rings. The number of aromatic hydroxyl groups is 4. The third-order valence-corrected chi connectivity index (χ3v) is 9.87. The molecule has 1 aliphatic carbocycles. The summed E-state index contributed by atoms with van der Waals surface area (Å²) in [5.41, 5.74) is 4.77. The molecule has 246 valence electrons. The van der Waals surface area contributed by atoms with Crippen molar-refractivity contribution in [2.24, 2.45) is 5.92 Å². The minimum Gasteiger partial charge on any atom is -0.508 e. The van der Waals surface area contributed by atoms with E-state index < -0.39 is 0 Å². The summed E-state index contributed by atoms with van der Waals surface area (Å²) in [4.78, 5) is 0. The zero-order valence-corrected chi connectivity index (χ0v) is 28.1. The van der Waals surface area contributed by atoms with E-state index in [-0.39, 0.29) is 22.3 Å². The van der Waals surface area contributed by atoms with Gasteiger partial charge in [0.25, 0.3) is 0 Å². The van der Waals surface area contributed by atoms with Gasteiger partial charge in [0.05, 0.1) is 0 Å². The van der Waals surface area contributed by atoms with Crippen molar-refractivity contribution < 1.29 is 20.4 Å². The van der Waals surface area contributed by atoms with Gasteiger partial charge in [0, 0.05) is 10.8 Å². The first kappa shape index (κ1) is 34.9. The Morgan fingerprint density at radius 2 is 0.761 bits per heavy atom. The van der Waals surface area contributed by atoms with E-state index >= 15 is 0 Å². The molecule has 4 aromatic carbocycles. The maximum absolute atomic E-state index is 9.76. The smallest absolute Gasteiger partial charge is 0.115 e. The van der Waals surface area contributed by atoms with Crippen LogP contribution in [0, 0.1) is 5.92 Å². The Morgan fingerprint density at radius 1 is 0.478 bits per heavy atom. The number of phenolic OH excluding ortho intramolecular Hbond substituents is 4. The van der Waals surface area contributed by atoms with Gasteiger partial charge in [-0.05, 0) is 96.0 Å². The van der Waals surface area contributed by atoms with E-state index in [0.29, 0.717) is 17.4 Å². The van der Waals surface area contributed by atoms with E-state index in [9.17, 15) is 20.4 Å². The summed E-state index contributed by atoms with van der Waals surface area (Å²) in [7, 11) is 0. The van der Waals surface area contributed by atoms with Crippen LogP contribution in [0.25, 0.3) is 0 Å². The molecule has 0 atom stereocenters. The standard InChI is InChI=1S/C24H32O2.C18H22O2/c25-22-14-10-20(11-15-22)24(21-12-16-23(26)17-13-21)18-8-6-4-2-1-3-5-7-9-19-24;1-13(2)12-18(3,14-4-8-16(19)9-5-14)15-6-10-17(20)11-7-15/h10-17,25-26H,1-9,18-19H2;4-11,13,19-20H,12H2,1-3H3. The van der Waals surface area contributed by atoms with E-state index in [1.54, 1.807) is 24.3 Å². The molecule has 4 N–H and O–H groups in total.